The van der Waals surface area contributed by atoms with Crippen LogP contribution in [0.25, 0.3) is 0 Å². The first-order valence-electron chi connectivity index (χ1n) is 4.16. The molecule has 0 saturated carbocycles. The van der Waals surface area contributed by atoms with Gasteiger partial charge in [0, 0.05) is 11.9 Å². The molecule has 4 nitrogen and oxygen atoms in total. The van der Waals surface area contributed by atoms with Crippen molar-refractivity contribution in [3.8, 4) is 0 Å². The Morgan fingerprint density at radius 2 is 2.38 bits per heavy atom. The highest BCUT2D eigenvalue weighted by molar-refractivity contribution is 5.81. The number of pyridine rings is 1. The third-order valence-electron chi connectivity index (χ3n) is 1.78. The summed E-state index contributed by atoms with van der Waals surface area (Å²) in [7, 11) is 0. The van der Waals surface area contributed by atoms with E-state index in [1.54, 1.807) is 6.20 Å². The summed E-state index contributed by atoms with van der Waals surface area (Å²) in [4.78, 5) is 4.17. The Balaban J connectivity index is 2.69. The summed E-state index contributed by atoms with van der Waals surface area (Å²) in [6.45, 7) is 2.07. The molecule has 1 rings (SSSR count). The lowest BCUT2D eigenvalue weighted by Crippen LogP contribution is -2.15. The maximum atomic E-state index is 8.33. The van der Waals surface area contributed by atoms with E-state index in [4.69, 9.17) is 10.9 Å². The third-order valence-corrected chi connectivity index (χ3v) is 1.78. The van der Waals surface area contributed by atoms with E-state index >= 15 is 0 Å². The molecule has 0 amide bonds. The molecule has 0 fully saturated rings. The molecule has 0 spiro atoms. The Morgan fingerprint density at radius 3 is 2.85 bits per heavy atom. The zero-order valence-electron chi connectivity index (χ0n) is 7.57. The van der Waals surface area contributed by atoms with E-state index in [2.05, 4.69) is 17.1 Å². The quantitative estimate of drug-likeness (QED) is 0.314. The lowest BCUT2D eigenvalue weighted by Gasteiger charge is -1.99. The summed E-state index contributed by atoms with van der Waals surface area (Å²) in [6.07, 6.45) is 3.16. The van der Waals surface area contributed by atoms with Crippen LogP contribution in [0.4, 0.5) is 0 Å². The number of rotatable bonds is 3. The average Bonchev–Trinajstić information content (AvgIpc) is 2.19. The van der Waals surface area contributed by atoms with Crippen LogP contribution >= 0.6 is 0 Å². The average molecular weight is 179 g/mol. The van der Waals surface area contributed by atoms with Crippen molar-refractivity contribution in [2.45, 2.75) is 19.8 Å². The van der Waals surface area contributed by atoms with Gasteiger partial charge in [-0.15, -0.1) is 0 Å². The lowest BCUT2D eigenvalue weighted by molar-refractivity contribution is 0.317. The number of hydrogen-bond acceptors (Lipinski definition) is 3. The van der Waals surface area contributed by atoms with Crippen molar-refractivity contribution in [3.63, 3.8) is 0 Å². The van der Waals surface area contributed by atoms with Gasteiger partial charge >= 0.3 is 0 Å². The van der Waals surface area contributed by atoms with Crippen LogP contribution in [-0.4, -0.2) is 16.0 Å². The molecular formula is C9H13N3O. The van der Waals surface area contributed by atoms with Gasteiger partial charge in [0.05, 0.1) is 6.42 Å². The molecule has 0 aliphatic heterocycles. The van der Waals surface area contributed by atoms with Gasteiger partial charge in [-0.1, -0.05) is 18.1 Å². The lowest BCUT2D eigenvalue weighted by atomic mass is 10.2. The Kier molecular flexibility index (Phi) is 3.25. The van der Waals surface area contributed by atoms with Gasteiger partial charge < -0.3 is 10.9 Å². The summed E-state index contributed by atoms with van der Waals surface area (Å²) in [5.74, 6) is 0.178. The van der Waals surface area contributed by atoms with Gasteiger partial charge in [-0.2, -0.15) is 0 Å². The van der Waals surface area contributed by atoms with E-state index in [0.29, 0.717) is 6.42 Å². The number of hydrogen-bond donors (Lipinski definition) is 2. The highest BCUT2D eigenvalue weighted by atomic mass is 16.4. The summed E-state index contributed by atoms with van der Waals surface area (Å²) in [6, 6.07) is 3.88. The molecule has 0 atom stereocenters. The van der Waals surface area contributed by atoms with Crippen molar-refractivity contribution in [1.29, 1.82) is 0 Å². The van der Waals surface area contributed by atoms with Crippen LogP contribution in [0.1, 0.15) is 18.2 Å². The second kappa shape index (κ2) is 4.45. The van der Waals surface area contributed by atoms with Gasteiger partial charge in [0.15, 0.2) is 0 Å². The predicted octanol–water partition coefficient (Wildman–Crippen LogP) is 0.933. The largest absolute Gasteiger partial charge is 0.409 e. The van der Waals surface area contributed by atoms with Crippen LogP contribution in [0.5, 0.6) is 0 Å². The van der Waals surface area contributed by atoms with E-state index in [-0.39, 0.29) is 5.84 Å². The normalized spacial score (nSPS) is 11.6. The maximum Gasteiger partial charge on any atom is 0.145 e. The van der Waals surface area contributed by atoms with Gasteiger partial charge in [-0.05, 0) is 18.1 Å². The first-order valence-corrected chi connectivity index (χ1v) is 4.16. The van der Waals surface area contributed by atoms with Gasteiger partial charge in [-0.3, -0.25) is 4.98 Å². The second-order valence-electron chi connectivity index (χ2n) is 2.78. The fraction of sp³-hybridized carbons (Fsp3) is 0.333. The Hall–Kier alpha value is -1.58. The minimum atomic E-state index is 0.178. The Labute approximate surface area is 77.1 Å². The molecule has 13 heavy (non-hydrogen) atoms. The molecule has 0 aromatic carbocycles. The number of oxime groups is 1. The van der Waals surface area contributed by atoms with Crippen LogP contribution in [-0.2, 0) is 12.8 Å². The molecule has 0 bridgehead atoms. The number of aromatic nitrogens is 1. The predicted molar refractivity (Wildman–Crippen MR) is 50.7 cm³/mol. The molecule has 1 aromatic heterocycles. The van der Waals surface area contributed by atoms with Crippen molar-refractivity contribution >= 4 is 5.84 Å². The zero-order chi connectivity index (χ0) is 9.68. The molecular weight excluding hydrogens is 166 g/mol. The van der Waals surface area contributed by atoms with Gasteiger partial charge in [-0.25, -0.2) is 0 Å². The summed E-state index contributed by atoms with van der Waals surface area (Å²) in [5.41, 5.74) is 7.33. The van der Waals surface area contributed by atoms with Gasteiger partial charge in [0.1, 0.15) is 5.84 Å². The minimum Gasteiger partial charge on any atom is -0.409 e. The molecule has 0 aliphatic carbocycles. The van der Waals surface area contributed by atoms with Crippen LogP contribution in [0, 0.1) is 0 Å². The highest BCUT2D eigenvalue weighted by Gasteiger charge is 1.98. The number of nitrogens with two attached hydrogens (primary N) is 1. The molecule has 70 valence electrons. The molecule has 4 heteroatoms. The van der Waals surface area contributed by atoms with E-state index in [1.807, 2.05) is 12.1 Å². The number of aryl methyl sites for hydroxylation is 1. The van der Waals surface area contributed by atoms with Crippen LogP contribution in [0.3, 0.4) is 0 Å². The second-order valence-corrected chi connectivity index (χ2v) is 2.78. The van der Waals surface area contributed by atoms with Crippen LogP contribution in [0.15, 0.2) is 23.5 Å². The minimum absolute atomic E-state index is 0.178. The third kappa shape index (κ3) is 2.74. The van der Waals surface area contributed by atoms with Crippen molar-refractivity contribution in [3.05, 3.63) is 29.6 Å². The molecule has 1 aromatic rings. The van der Waals surface area contributed by atoms with E-state index in [9.17, 15) is 0 Å². The summed E-state index contributed by atoms with van der Waals surface area (Å²) >= 11 is 0. The highest BCUT2D eigenvalue weighted by Crippen LogP contribution is 2.01. The number of nitrogens with zero attached hydrogens (tertiary/aromatic N) is 2. The fourth-order valence-corrected chi connectivity index (χ4v) is 0.990. The maximum absolute atomic E-state index is 8.33. The van der Waals surface area contributed by atoms with Crippen molar-refractivity contribution < 1.29 is 5.21 Å². The SMILES string of the molecule is CCc1ccc(C/C(N)=N/O)nc1. The molecule has 0 aliphatic rings. The standard InChI is InChI=1S/C9H13N3O/c1-2-7-3-4-8(11-6-7)5-9(10)12-13/h3-4,6,13H,2,5H2,1H3,(H2,10,12). The summed E-state index contributed by atoms with van der Waals surface area (Å²) in [5, 5.41) is 11.2. The van der Waals surface area contributed by atoms with Gasteiger partial charge in [0.25, 0.3) is 0 Å². The monoisotopic (exact) mass is 179 g/mol. The number of amidine groups is 1. The van der Waals surface area contributed by atoms with E-state index < -0.39 is 0 Å². The Bertz CT molecular complexity index is 292. The van der Waals surface area contributed by atoms with E-state index in [0.717, 1.165) is 12.1 Å². The van der Waals surface area contributed by atoms with Gasteiger partial charge in [0.2, 0.25) is 0 Å². The first kappa shape index (κ1) is 9.51. The Morgan fingerprint density at radius 1 is 1.62 bits per heavy atom. The summed E-state index contributed by atoms with van der Waals surface area (Å²) < 4.78 is 0. The molecule has 0 saturated heterocycles. The van der Waals surface area contributed by atoms with Crippen molar-refractivity contribution in [2.75, 3.05) is 0 Å². The molecule has 0 unspecified atom stereocenters. The molecule has 0 radical (unpaired) electrons. The zero-order valence-corrected chi connectivity index (χ0v) is 7.57. The van der Waals surface area contributed by atoms with Crippen molar-refractivity contribution in [1.82, 2.24) is 4.98 Å². The fourth-order valence-electron chi connectivity index (χ4n) is 0.990. The van der Waals surface area contributed by atoms with E-state index in [1.165, 1.54) is 5.56 Å². The molecule has 1 heterocycles. The first-order chi connectivity index (χ1) is 6.26. The van der Waals surface area contributed by atoms with Crippen LogP contribution in [0.2, 0.25) is 0 Å². The van der Waals surface area contributed by atoms with Crippen LogP contribution < -0.4 is 5.73 Å². The van der Waals surface area contributed by atoms with Crippen molar-refractivity contribution in [2.24, 2.45) is 10.9 Å². The topological polar surface area (TPSA) is 71.5 Å². The molecule has 3 N–H and O–H groups in total. The smallest absolute Gasteiger partial charge is 0.145 e.